The highest BCUT2D eigenvalue weighted by molar-refractivity contribution is 5.89. The minimum Gasteiger partial charge on any atom is -0.341 e. The third-order valence-corrected chi connectivity index (χ3v) is 6.76. The Morgan fingerprint density at radius 3 is 2.55 bits per heavy atom. The van der Waals surface area contributed by atoms with Crippen molar-refractivity contribution in [1.29, 1.82) is 0 Å². The molecule has 1 aromatic rings. The van der Waals surface area contributed by atoms with Crippen LogP contribution >= 0.6 is 0 Å². The summed E-state index contributed by atoms with van der Waals surface area (Å²) in [5.74, 6) is 0.397. The summed E-state index contributed by atoms with van der Waals surface area (Å²) in [6, 6.07) is 4.05. The molecule has 8 nitrogen and oxygen atoms in total. The lowest BCUT2D eigenvalue weighted by atomic mass is 9.82. The van der Waals surface area contributed by atoms with E-state index >= 15 is 0 Å². The lowest BCUT2D eigenvalue weighted by molar-refractivity contribution is -0.137. The van der Waals surface area contributed by atoms with Gasteiger partial charge in [0.05, 0.1) is 5.56 Å². The van der Waals surface area contributed by atoms with Gasteiger partial charge in [0.15, 0.2) is 0 Å². The number of hydrogen-bond acceptors (Lipinski definition) is 3. The van der Waals surface area contributed by atoms with Gasteiger partial charge < -0.3 is 25.3 Å². The van der Waals surface area contributed by atoms with E-state index in [0.29, 0.717) is 58.7 Å². The van der Waals surface area contributed by atoms with Crippen LogP contribution in [-0.2, 0) is 11.0 Å². The average Bonchev–Trinajstić information content (AvgIpc) is 3.11. The van der Waals surface area contributed by atoms with Crippen LogP contribution in [0.1, 0.15) is 24.8 Å². The number of fused-ring (bicyclic) bond motifs is 1. The van der Waals surface area contributed by atoms with E-state index in [2.05, 4.69) is 10.6 Å². The molecule has 2 unspecified atom stereocenters. The minimum atomic E-state index is -4.48. The molecule has 3 fully saturated rings. The maximum atomic E-state index is 12.9. The third-order valence-electron chi connectivity index (χ3n) is 6.76. The Labute approximate surface area is 190 Å². The standard InChI is InChI=1S/C22H28F3N5O3/c23-22(24,25)17-2-1-3-18(13-17)27-21(33)30-8-4-15-12-19(31)28(7-5-16(15)14-30)10-11-29-9-6-26-20(29)32/h1-3,13,15-16H,4-12,14H2,(H,26,32)(H,27,33). The highest BCUT2D eigenvalue weighted by Gasteiger charge is 2.37. The number of alkyl halides is 3. The molecule has 0 aliphatic carbocycles. The monoisotopic (exact) mass is 467 g/mol. The van der Waals surface area contributed by atoms with E-state index < -0.39 is 17.8 Å². The summed E-state index contributed by atoms with van der Waals surface area (Å²) in [5.41, 5.74) is -0.710. The van der Waals surface area contributed by atoms with Crippen molar-refractivity contribution in [2.24, 2.45) is 11.8 Å². The first-order valence-electron chi connectivity index (χ1n) is 11.2. The van der Waals surface area contributed by atoms with E-state index in [1.807, 2.05) is 0 Å². The number of likely N-dealkylation sites (tertiary alicyclic amines) is 2. The van der Waals surface area contributed by atoms with E-state index in [9.17, 15) is 27.6 Å². The fourth-order valence-electron chi connectivity index (χ4n) is 4.84. The third kappa shape index (κ3) is 5.51. The Kier molecular flexibility index (Phi) is 6.66. The van der Waals surface area contributed by atoms with Crippen LogP contribution in [0.4, 0.5) is 28.4 Å². The van der Waals surface area contributed by atoms with E-state index in [4.69, 9.17) is 0 Å². The van der Waals surface area contributed by atoms with Gasteiger partial charge in [-0.15, -0.1) is 0 Å². The highest BCUT2D eigenvalue weighted by atomic mass is 19.4. The fourth-order valence-corrected chi connectivity index (χ4v) is 4.84. The van der Waals surface area contributed by atoms with E-state index in [0.717, 1.165) is 18.6 Å². The van der Waals surface area contributed by atoms with Crippen molar-refractivity contribution in [3.63, 3.8) is 0 Å². The smallest absolute Gasteiger partial charge is 0.341 e. The van der Waals surface area contributed by atoms with Crippen LogP contribution in [0.15, 0.2) is 24.3 Å². The van der Waals surface area contributed by atoms with E-state index in [-0.39, 0.29) is 29.5 Å². The molecule has 180 valence electrons. The van der Waals surface area contributed by atoms with Crippen molar-refractivity contribution in [3.05, 3.63) is 29.8 Å². The molecule has 5 amide bonds. The second-order valence-electron chi connectivity index (χ2n) is 8.86. The number of rotatable bonds is 4. The molecule has 33 heavy (non-hydrogen) atoms. The van der Waals surface area contributed by atoms with Gasteiger partial charge >= 0.3 is 18.2 Å². The molecule has 3 heterocycles. The van der Waals surface area contributed by atoms with Crippen molar-refractivity contribution >= 4 is 23.7 Å². The Morgan fingerprint density at radius 1 is 1.06 bits per heavy atom. The molecule has 0 radical (unpaired) electrons. The maximum Gasteiger partial charge on any atom is 0.416 e. The number of urea groups is 2. The van der Waals surface area contributed by atoms with Gasteiger partial charge in [-0.05, 0) is 42.9 Å². The Morgan fingerprint density at radius 2 is 1.82 bits per heavy atom. The van der Waals surface area contributed by atoms with E-state index in [1.165, 1.54) is 12.1 Å². The van der Waals surface area contributed by atoms with Crippen LogP contribution in [0.5, 0.6) is 0 Å². The number of halogens is 3. The predicted molar refractivity (Wildman–Crippen MR) is 114 cm³/mol. The molecule has 3 aliphatic heterocycles. The van der Waals surface area contributed by atoms with Crippen LogP contribution in [0.2, 0.25) is 0 Å². The van der Waals surface area contributed by atoms with Crippen LogP contribution in [0, 0.1) is 11.8 Å². The minimum absolute atomic E-state index is 0.0731. The van der Waals surface area contributed by atoms with Gasteiger partial charge in [0.25, 0.3) is 0 Å². The topological polar surface area (TPSA) is 85.0 Å². The molecular weight excluding hydrogens is 439 g/mol. The molecule has 2 atom stereocenters. The molecule has 0 spiro atoms. The molecule has 1 aromatic carbocycles. The van der Waals surface area contributed by atoms with Crippen LogP contribution in [0.3, 0.4) is 0 Å². The maximum absolute atomic E-state index is 12.9. The van der Waals surface area contributed by atoms with Crippen molar-refractivity contribution in [2.75, 3.05) is 51.1 Å². The number of hydrogen-bond donors (Lipinski definition) is 2. The first-order valence-corrected chi connectivity index (χ1v) is 11.2. The predicted octanol–water partition coefficient (Wildman–Crippen LogP) is 2.82. The first kappa shape index (κ1) is 23.2. The normalized spacial score (nSPS) is 23.8. The molecule has 0 aromatic heterocycles. The summed E-state index contributed by atoms with van der Waals surface area (Å²) in [7, 11) is 0. The van der Waals surface area contributed by atoms with Gasteiger partial charge in [-0.25, -0.2) is 9.59 Å². The van der Waals surface area contributed by atoms with Gasteiger partial charge in [-0.3, -0.25) is 4.79 Å². The van der Waals surface area contributed by atoms with Crippen molar-refractivity contribution in [2.45, 2.75) is 25.4 Å². The Hall–Kier alpha value is -2.98. The zero-order valence-electron chi connectivity index (χ0n) is 18.2. The number of carbonyl (C=O) groups excluding carboxylic acids is 3. The summed E-state index contributed by atoms with van der Waals surface area (Å²) in [4.78, 5) is 42.3. The molecule has 0 bridgehead atoms. The zero-order valence-corrected chi connectivity index (χ0v) is 18.2. The van der Waals surface area contributed by atoms with Crippen molar-refractivity contribution in [3.8, 4) is 0 Å². The molecule has 2 N–H and O–H groups in total. The average molecular weight is 467 g/mol. The highest BCUT2D eigenvalue weighted by Crippen LogP contribution is 2.33. The summed E-state index contributed by atoms with van der Waals surface area (Å²) < 4.78 is 38.8. The fraction of sp³-hybridized carbons (Fsp3) is 0.591. The SMILES string of the molecule is O=C1CC2CCN(C(=O)Nc3cccc(C(F)(F)F)c3)CC2CCN1CCN1CCNC1=O. The van der Waals surface area contributed by atoms with Crippen LogP contribution in [-0.4, -0.2) is 78.5 Å². The van der Waals surface area contributed by atoms with Gasteiger partial charge in [0.2, 0.25) is 5.91 Å². The van der Waals surface area contributed by atoms with Gasteiger partial charge in [0, 0.05) is 57.9 Å². The molecule has 3 saturated heterocycles. The summed E-state index contributed by atoms with van der Waals surface area (Å²) in [5, 5.41) is 5.32. The number of nitrogens with zero attached hydrogens (tertiary/aromatic N) is 3. The molecule has 11 heteroatoms. The van der Waals surface area contributed by atoms with Gasteiger partial charge in [-0.1, -0.05) is 6.07 Å². The molecule has 4 rings (SSSR count). The zero-order chi connectivity index (χ0) is 23.6. The lowest BCUT2D eigenvalue weighted by Gasteiger charge is -2.37. The number of piperidine rings is 1. The largest absolute Gasteiger partial charge is 0.416 e. The Balaban J connectivity index is 1.32. The number of benzene rings is 1. The van der Waals surface area contributed by atoms with Gasteiger partial charge in [-0.2, -0.15) is 13.2 Å². The van der Waals surface area contributed by atoms with Crippen molar-refractivity contribution in [1.82, 2.24) is 20.0 Å². The number of amides is 5. The summed E-state index contributed by atoms with van der Waals surface area (Å²) >= 11 is 0. The molecule has 3 aliphatic rings. The first-order chi connectivity index (χ1) is 15.7. The lowest BCUT2D eigenvalue weighted by Crippen LogP contribution is -2.45. The Bertz CT molecular complexity index is 910. The second-order valence-corrected chi connectivity index (χ2v) is 8.86. The molecule has 0 saturated carbocycles. The number of carbonyl (C=O) groups is 3. The van der Waals surface area contributed by atoms with Crippen LogP contribution < -0.4 is 10.6 Å². The van der Waals surface area contributed by atoms with Gasteiger partial charge in [0.1, 0.15) is 0 Å². The molecular formula is C22H28F3N5O3. The summed E-state index contributed by atoms with van der Waals surface area (Å²) in [6.07, 6.45) is -2.64. The number of anilines is 1. The van der Waals surface area contributed by atoms with Crippen molar-refractivity contribution < 1.29 is 27.6 Å². The quantitative estimate of drug-likeness (QED) is 0.714. The summed E-state index contributed by atoms with van der Waals surface area (Å²) in [6.45, 7) is 3.73. The van der Waals surface area contributed by atoms with Crippen LogP contribution in [0.25, 0.3) is 0 Å². The number of nitrogens with one attached hydrogen (secondary N) is 2. The second kappa shape index (κ2) is 9.48. The van der Waals surface area contributed by atoms with E-state index in [1.54, 1.807) is 14.7 Å².